The summed E-state index contributed by atoms with van der Waals surface area (Å²) in [5.74, 6) is 0.508. The van der Waals surface area contributed by atoms with Crippen LogP contribution in [0.5, 0.6) is 5.75 Å². The van der Waals surface area contributed by atoms with Crippen LogP contribution in [0.3, 0.4) is 0 Å². The number of methoxy groups -OCH3 is 1. The van der Waals surface area contributed by atoms with E-state index >= 15 is 0 Å². The summed E-state index contributed by atoms with van der Waals surface area (Å²) in [5.41, 5.74) is 1.31. The fraction of sp³-hybridized carbons (Fsp3) is 0.0714. The predicted octanol–water partition coefficient (Wildman–Crippen LogP) is 2.75. The van der Waals surface area contributed by atoms with Gasteiger partial charge in [0.2, 0.25) is 0 Å². The molecule has 0 spiro atoms. The monoisotopic (exact) mass is 226 g/mol. The van der Waals surface area contributed by atoms with E-state index in [1.807, 2.05) is 0 Å². The van der Waals surface area contributed by atoms with Crippen molar-refractivity contribution in [2.24, 2.45) is 0 Å². The Morgan fingerprint density at radius 2 is 2.00 bits per heavy atom. The second-order valence-corrected chi connectivity index (χ2v) is 3.47. The molecule has 1 radical (unpaired) electrons. The lowest BCUT2D eigenvalue weighted by Crippen LogP contribution is -2.11. The number of carbonyl (C=O) groups is 1. The van der Waals surface area contributed by atoms with Gasteiger partial charge in [0.25, 0.3) is 5.91 Å². The van der Waals surface area contributed by atoms with E-state index in [-0.39, 0.29) is 5.91 Å². The Kier molecular flexibility index (Phi) is 3.40. The van der Waals surface area contributed by atoms with E-state index in [1.54, 1.807) is 55.6 Å². The molecule has 17 heavy (non-hydrogen) atoms. The summed E-state index contributed by atoms with van der Waals surface area (Å²) in [6, 6.07) is 17.0. The quantitative estimate of drug-likeness (QED) is 0.873. The van der Waals surface area contributed by atoms with Gasteiger partial charge in [0.05, 0.1) is 7.11 Å². The topological polar surface area (TPSA) is 38.3 Å². The average molecular weight is 226 g/mol. The Morgan fingerprint density at radius 3 is 2.71 bits per heavy atom. The third kappa shape index (κ3) is 2.84. The van der Waals surface area contributed by atoms with Gasteiger partial charge in [0.15, 0.2) is 0 Å². The van der Waals surface area contributed by atoms with Gasteiger partial charge in [-0.3, -0.25) is 4.79 Å². The van der Waals surface area contributed by atoms with Crippen molar-refractivity contribution in [2.45, 2.75) is 0 Å². The molecular weight excluding hydrogens is 214 g/mol. The SMILES string of the molecule is COc1cccc(C(=O)Nc2cc[c]cc2)c1. The molecule has 0 bridgehead atoms. The standard InChI is InChI=1S/C14H12NO2/c1-17-13-9-5-6-11(10-13)14(16)15-12-7-3-2-4-8-12/h3-10H,1H3,(H,15,16). The number of hydrogen-bond acceptors (Lipinski definition) is 2. The highest BCUT2D eigenvalue weighted by Crippen LogP contribution is 2.14. The van der Waals surface area contributed by atoms with Crippen molar-refractivity contribution in [2.75, 3.05) is 12.4 Å². The van der Waals surface area contributed by atoms with Crippen LogP contribution in [0.25, 0.3) is 0 Å². The first-order valence-electron chi connectivity index (χ1n) is 5.21. The fourth-order valence-corrected chi connectivity index (χ4v) is 1.44. The summed E-state index contributed by atoms with van der Waals surface area (Å²) in [4.78, 5) is 11.9. The van der Waals surface area contributed by atoms with E-state index in [1.165, 1.54) is 0 Å². The molecule has 0 aromatic heterocycles. The number of rotatable bonds is 3. The summed E-state index contributed by atoms with van der Waals surface area (Å²) >= 11 is 0. The van der Waals surface area contributed by atoms with Crippen LogP contribution in [0.15, 0.2) is 48.5 Å². The Labute approximate surface area is 100 Å². The molecule has 0 fully saturated rings. The fourth-order valence-electron chi connectivity index (χ4n) is 1.44. The molecule has 1 amide bonds. The molecule has 0 saturated carbocycles. The molecule has 0 unspecified atom stereocenters. The summed E-state index contributed by atoms with van der Waals surface area (Å²) in [7, 11) is 1.57. The molecule has 3 heteroatoms. The zero-order valence-electron chi connectivity index (χ0n) is 9.44. The number of benzene rings is 2. The van der Waals surface area contributed by atoms with Crippen LogP contribution >= 0.6 is 0 Å². The third-order valence-corrected chi connectivity index (χ3v) is 2.31. The van der Waals surface area contributed by atoms with Crippen molar-refractivity contribution in [3.63, 3.8) is 0 Å². The normalized spacial score (nSPS) is 9.71. The van der Waals surface area contributed by atoms with Crippen molar-refractivity contribution in [3.05, 3.63) is 60.2 Å². The minimum absolute atomic E-state index is 0.157. The van der Waals surface area contributed by atoms with Gasteiger partial charge in [-0.2, -0.15) is 0 Å². The number of amides is 1. The van der Waals surface area contributed by atoms with Gasteiger partial charge in [0, 0.05) is 11.3 Å². The van der Waals surface area contributed by atoms with Crippen LogP contribution in [0.4, 0.5) is 5.69 Å². The van der Waals surface area contributed by atoms with Gasteiger partial charge in [-0.25, -0.2) is 0 Å². The Morgan fingerprint density at radius 1 is 1.24 bits per heavy atom. The summed E-state index contributed by atoms with van der Waals surface area (Å²) in [5, 5.41) is 2.80. The van der Waals surface area contributed by atoms with Gasteiger partial charge < -0.3 is 10.1 Å². The summed E-state index contributed by atoms with van der Waals surface area (Å²) in [6.45, 7) is 0. The van der Waals surface area contributed by atoms with Crippen molar-refractivity contribution in [1.82, 2.24) is 0 Å². The molecular formula is C14H12NO2. The van der Waals surface area contributed by atoms with E-state index < -0.39 is 0 Å². The summed E-state index contributed by atoms with van der Waals surface area (Å²) in [6.07, 6.45) is 0. The number of anilines is 1. The van der Waals surface area contributed by atoms with Crippen molar-refractivity contribution >= 4 is 11.6 Å². The second-order valence-electron chi connectivity index (χ2n) is 3.47. The third-order valence-electron chi connectivity index (χ3n) is 2.31. The van der Waals surface area contributed by atoms with Gasteiger partial charge in [-0.1, -0.05) is 18.2 Å². The van der Waals surface area contributed by atoms with Crippen molar-refractivity contribution in [3.8, 4) is 5.75 Å². The maximum absolute atomic E-state index is 11.9. The lowest BCUT2D eigenvalue weighted by atomic mass is 10.2. The number of nitrogens with one attached hydrogen (secondary N) is 1. The molecule has 0 aliphatic carbocycles. The van der Waals surface area contributed by atoms with E-state index in [0.717, 1.165) is 5.69 Å². The first-order chi connectivity index (χ1) is 8.29. The Balaban J connectivity index is 2.14. The maximum atomic E-state index is 11.9. The molecule has 0 aliphatic rings. The van der Waals surface area contributed by atoms with Crippen LogP contribution in [0.2, 0.25) is 0 Å². The smallest absolute Gasteiger partial charge is 0.255 e. The van der Waals surface area contributed by atoms with Crippen LogP contribution in [0, 0.1) is 6.07 Å². The zero-order valence-corrected chi connectivity index (χ0v) is 9.44. The van der Waals surface area contributed by atoms with Crippen molar-refractivity contribution < 1.29 is 9.53 Å². The predicted molar refractivity (Wildman–Crippen MR) is 66.2 cm³/mol. The molecule has 2 rings (SSSR count). The average Bonchev–Trinajstić information content (AvgIpc) is 2.40. The first-order valence-corrected chi connectivity index (χ1v) is 5.21. The number of carbonyl (C=O) groups excluding carboxylic acids is 1. The van der Waals surface area contributed by atoms with Crippen LogP contribution in [-0.2, 0) is 0 Å². The van der Waals surface area contributed by atoms with Gasteiger partial charge in [-0.05, 0) is 36.4 Å². The first kappa shape index (κ1) is 11.2. The minimum Gasteiger partial charge on any atom is -0.497 e. The lowest BCUT2D eigenvalue weighted by molar-refractivity contribution is 0.102. The van der Waals surface area contributed by atoms with Gasteiger partial charge in [-0.15, -0.1) is 0 Å². The minimum atomic E-state index is -0.157. The molecule has 3 nitrogen and oxygen atoms in total. The Hall–Kier alpha value is -2.29. The van der Waals surface area contributed by atoms with Crippen LogP contribution in [0.1, 0.15) is 10.4 Å². The molecule has 0 saturated heterocycles. The van der Waals surface area contributed by atoms with Crippen molar-refractivity contribution in [1.29, 1.82) is 0 Å². The molecule has 0 aliphatic heterocycles. The highest BCUT2D eigenvalue weighted by Gasteiger charge is 2.06. The maximum Gasteiger partial charge on any atom is 0.255 e. The molecule has 0 heterocycles. The second kappa shape index (κ2) is 5.16. The highest BCUT2D eigenvalue weighted by molar-refractivity contribution is 6.04. The molecule has 2 aromatic carbocycles. The van der Waals surface area contributed by atoms with Gasteiger partial charge in [0.1, 0.15) is 5.75 Å². The van der Waals surface area contributed by atoms with E-state index in [4.69, 9.17) is 4.74 Å². The number of ether oxygens (including phenoxy) is 1. The molecule has 2 aromatic rings. The number of hydrogen-bond donors (Lipinski definition) is 1. The van der Waals surface area contributed by atoms with Gasteiger partial charge >= 0.3 is 0 Å². The molecule has 1 N–H and O–H groups in total. The van der Waals surface area contributed by atoms with E-state index in [2.05, 4.69) is 11.4 Å². The van der Waals surface area contributed by atoms with E-state index in [0.29, 0.717) is 11.3 Å². The van der Waals surface area contributed by atoms with Crippen LogP contribution < -0.4 is 10.1 Å². The highest BCUT2D eigenvalue weighted by atomic mass is 16.5. The molecule has 85 valence electrons. The zero-order chi connectivity index (χ0) is 12.1. The largest absolute Gasteiger partial charge is 0.497 e. The van der Waals surface area contributed by atoms with E-state index in [9.17, 15) is 4.79 Å². The van der Waals surface area contributed by atoms with Crippen LogP contribution in [-0.4, -0.2) is 13.0 Å². The summed E-state index contributed by atoms with van der Waals surface area (Å²) < 4.78 is 5.07. The molecule has 0 atom stereocenters. The Bertz CT molecular complexity index is 509. The lowest BCUT2D eigenvalue weighted by Gasteiger charge is -2.06.